The first-order valence-corrected chi connectivity index (χ1v) is 7.10. The minimum Gasteiger partial charge on any atom is -0.746 e. The van der Waals surface area contributed by atoms with E-state index in [1.807, 2.05) is 0 Å². The van der Waals surface area contributed by atoms with Crippen molar-refractivity contribution in [1.29, 1.82) is 0 Å². The van der Waals surface area contributed by atoms with Gasteiger partial charge in [0.15, 0.2) is 11.6 Å². The van der Waals surface area contributed by atoms with Crippen molar-refractivity contribution in [3.05, 3.63) is 0 Å². The maximum absolute atomic E-state index is 13.2. The standard InChI is InChI=1S/C9H12F8O4S.Na/c1-2-3-4(22(18,19)20)21-9(16,17)8(14,15)6(11)5(10)7(12)13;/h4-7H,2-3H2,1H3,(H,18,19,20);/q;+1/p-1. The number of halogens is 8. The fraction of sp³-hybridized carbons (Fsp3) is 1.00. The van der Waals surface area contributed by atoms with Crippen LogP contribution in [-0.2, 0) is 14.9 Å². The summed E-state index contributed by atoms with van der Waals surface area (Å²) in [5.41, 5.74) is -2.98. The topological polar surface area (TPSA) is 66.4 Å². The minimum atomic E-state index is -6.13. The molecule has 0 saturated heterocycles. The third kappa shape index (κ3) is 6.61. The first-order chi connectivity index (χ1) is 9.68. The van der Waals surface area contributed by atoms with E-state index in [0.717, 1.165) is 0 Å². The predicted octanol–water partition coefficient (Wildman–Crippen LogP) is -0.152. The Bertz CT molecular complexity index is 460. The van der Waals surface area contributed by atoms with Crippen LogP contribution in [0.15, 0.2) is 0 Å². The van der Waals surface area contributed by atoms with Crippen LogP contribution in [0.5, 0.6) is 0 Å². The quantitative estimate of drug-likeness (QED) is 0.312. The van der Waals surface area contributed by atoms with Crippen molar-refractivity contribution in [2.75, 3.05) is 0 Å². The van der Waals surface area contributed by atoms with Gasteiger partial charge in [0.2, 0.25) is 6.17 Å². The zero-order chi connectivity index (χ0) is 17.9. The molecule has 0 fully saturated rings. The van der Waals surface area contributed by atoms with Crippen molar-refractivity contribution in [3.8, 4) is 0 Å². The van der Waals surface area contributed by atoms with Gasteiger partial charge in [-0.1, -0.05) is 13.3 Å². The van der Waals surface area contributed by atoms with Crippen LogP contribution in [0.1, 0.15) is 19.8 Å². The summed E-state index contributed by atoms with van der Waals surface area (Å²) in [6.07, 6.45) is -20.5. The van der Waals surface area contributed by atoms with Gasteiger partial charge in [0.05, 0.1) is 0 Å². The second-order valence-electron chi connectivity index (χ2n) is 4.15. The summed E-state index contributed by atoms with van der Waals surface area (Å²) in [6, 6.07) is 0. The summed E-state index contributed by atoms with van der Waals surface area (Å²) < 4.78 is 136. The largest absolute Gasteiger partial charge is 1.00 e. The van der Waals surface area contributed by atoms with Crippen LogP contribution in [0.3, 0.4) is 0 Å². The van der Waals surface area contributed by atoms with Crippen molar-refractivity contribution in [2.24, 2.45) is 0 Å². The van der Waals surface area contributed by atoms with Crippen molar-refractivity contribution in [1.82, 2.24) is 0 Å². The first-order valence-electron chi connectivity index (χ1n) is 5.63. The van der Waals surface area contributed by atoms with E-state index in [4.69, 9.17) is 0 Å². The van der Waals surface area contributed by atoms with E-state index >= 15 is 0 Å². The molecule has 0 radical (unpaired) electrons. The van der Waals surface area contributed by atoms with Gasteiger partial charge in [-0.2, -0.15) is 17.6 Å². The average Bonchev–Trinajstić information content (AvgIpc) is 2.34. The van der Waals surface area contributed by atoms with Gasteiger partial charge in [0, 0.05) is 0 Å². The van der Waals surface area contributed by atoms with Gasteiger partial charge < -0.3 is 4.55 Å². The smallest absolute Gasteiger partial charge is 0.746 e. The van der Waals surface area contributed by atoms with Crippen LogP contribution in [0.2, 0.25) is 0 Å². The van der Waals surface area contributed by atoms with Gasteiger partial charge in [-0.25, -0.2) is 26.0 Å². The van der Waals surface area contributed by atoms with Crippen LogP contribution < -0.4 is 29.6 Å². The molecule has 14 heteroatoms. The first kappa shape index (κ1) is 25.5. The molecule has 3 atom stereocenters. The van der Waals surface area contributed by atoms with Gasteiger partial charge >= 0.3 is 41.6 Å². The number of rotatable bonds is 9. The molecule has 0 spiro atoms. The molecule has 0 aliphatic carbocycles. The van der Waals surface area contributed by atoms with Crippen LogP contribution >= 0.6 is 0 Å². The van der Waals surface area contributed by atoms with E-state index in [2.05, 4.69) is 4.74 Å². The molecule has 0 aliphatic heterocycles. The molecule has 134 valence electrons. The van der Waals surface area contributed by atoms with Crippen molar-refractivity contribution in [3.63, 3.8) is 0 Å². The van der Waals surface area contributed by atoms with Crippen LogP contribution in [0, 0.1) is 0 Å². The molecule has 0 saturated carbocycles. The van der Waals surface area contributed by atoms with Gasteiger partial charge in [0.1, 0.15) is 10.1 Å². The summed E-state index contributed by atoms with van der Waals surface area (Å²) in [6.45, 7) is 1.18. The fourth-order valence-corrected chi connectivity index (χ4v) is 1.99. The summed E-state index contributed by atoms with van der Waals surface area (Å²) in [5, 5.41) is 0. The summed E-state index contributed by atoms with van der Waals surface area (Å²) in [7, 11) is -5.63. The minimum absolute atomic E-state index is 0. The maximum Gasteiger partial charge on any atom is 1.00 e. The Kier molecular flexibility index (Phi) is 10.1. The molecule has 0 aromatic heterocycles. The molecule has 0 amide bonds. The molecular weight excluding hydrogens is 379 g/mol. The SMILES string of the molecule is CCCC(OC(F)(F)C(F)(F)C(F)C(F)C(F)F)S(=O)(=O)[O-].[Na+]. The third-order valence-corrected chi connectivity index (χ3v) is 3.36. The van der Waals surface area contributed by atoms with Gasteiger partial charge in [0.25, 0.3) is 6.43 Å². The Balaban J connectivity index is 0. The maximum atomic E-state index is 13.2. The predicted molar refractivity (Wildman–Crippen MR) is 55.2 cm³/mol. The number of ether oxygens (including phenoxy) is 1. The monoisotopic (exact) mass is 390 g/mol. The van der Waals surface area contributed by atoms with Crippen LogP contribution in [-0.4, -0.2) is 49.2 Å². The zero-order valence-corrected chi connectivity index (χ0v) is 14.6. The van der Waals surface area contributed by atoms with E-state index in [1.165, 1.54) is 6.92 Å². The molecule has 4 nitrogen and oxygen atoms in total. The van der Waals surface area contributed by atoms with E-state index < -0.39 is 52.8 Å². The van der Waals surface area contributed by atoms with Gasteiger partial charge in [-0.05, 0) is 6.42 Å². The Morgan fingerprint density at radius 3 is 1.83 bits per heavy atom. The molecule has 0 rings (SSSR count). The van der Waals surface area contributed by atoms with E-state index in [0.29, 0.717) is 0 Å². The Morgan fingerprint density at radius 2 is 1.52 bits per heavy atom. The summed E-state index contributed by atoms with van der Waals surface area (Å²) >= 11 is 0. The Labute approximate surface area is 148 Å². The summed E-state index contributed by atoms with van der Waals surface area (Å²) in [5.74, 6) is -6.13. The van der Waals surface area contributed by atoms with E-state index in [-0.39, 0.29) is 36.0 Å². The molecule has 0 heterocycles. The molecular formula is C9H11F8NaO4S. The van der Waals surface area contributed by atoms with E-state index in [1.54, 1.807) is 0 Å². The molecule has 0 bridgehead atoms. The molecule has 0 N–H and O–H groups in total. The third-order valence-electron chi connectivity index (χ3n) is 2.38. The van der Waals surface area contributed by atoms with Crippen molar-refractivity contribution >= 4 is 10.1 Å². The molecule has 0 aromatic rings. The molecule has 0 aliphatic rings. The molecule has 3 unspecified atom stereocenters. The molecule has 23 heavy (non-hydrogen) atoms. The van der Waals surface area contributed by atoms with Crippen molar-refractivity contribution in [2.45, 2.75) is 56.0 Å². The Hall–Kier alpha value is 0.310. The normalized spacial score (nSPS) is 17.5. The number of hydrogen-bond acceptors (Lipinski definition) is 4. The second-order valence-corrected chi connectivity index (χ2v) is 5.66. The van der Waals surface area contributed by atoms with Gasteiger partial charge in [-0.3, -0.25) is 4.74 Å². The van der Waals surface area contributed by atoms with Crippen LogP contribution in [0.4, 0.5) is 35.1 Å². The molecule has 0 aromatic carbocycles. The van der Waals surface area contributed by atoms with E-state index in [9.17, 15) is 48.1 Å². The zero-order valence-electron chi connectivity index (χ0n) is 11.8. The van der Waals surface area contributed by atoms with Crippen molar-refractivity contribution < 1.29 is 82.4 Å². The average molecular weight is 390 g/mol. The number of hydrogen-bond donors (Lipinski definition) is 0. The van der Waals surface area contributed by atoms with Gasteiger partial charge in [-0.15, -0.1) is 0 Å². The summed E-state index contributed by atoms with van der Waals surface area (Å²) in [4.78, 5) is 0. The Morgan fingerprint density at radius 1 is 1.09 bits per heavy atom. The van der Waals surface area contributed by atoms with Crippen LogP contribution in [0.25, 0.3) is 0 Å². The fourth-order valence-electron chi connectivity index (χ4n) is 1.23. The second kappa shape index (κ2) is 9.13. The number of alkyl halides is 8.